The van der Waals surface area contributed by atoms with Crippen LogP contribution in [0.4, 0.5) is 16.0 Å². The van der Waals surface area contributed by atoms with Crippen molar-refractivity contribution in [1.82, 2.24) is 29.6 Å². The molecule has 1 aliphatic rings. The number of hydrogen-bond acceptors (Lipinski definition) is 9. The van der Waals surface area contributed by atoms with E-state index in [1.165, 1.54) is 19.0 Å². The maximum atomic E-state index is 14.5. The molecule has 2 unspecified atom stereocenters. The fraction of sp³-hybridized carbons (Fsp3) is 0.519. The first-order valence-electron chi connectivity index (χ1n) is 13.4. The maximum Gasteiger partial charge on any atom is 0.326 e. The lowest BCUT2D eigenvalue weighted by molar-refractivity contribution is -0.138. The molecule has 3 aromatic rings. The van der Waals surface area contributed by atoms with Crippen molar-refractivity contribution in [3.63, 3.8) is 0 Å². The van der Waals surface area contributed by atoms with Crippen molar-refractivity contribution < 1.29 is 19.0 Å². The average molecular weight is 541 g/mol. The van der Waals surface area contributed by atoms with Gasteiger partial charge in [0.2, 0.25) is 0 Å². The van der Waals surface area contributed by atoms with Crippen molar-refractivity contribution in [1.29, 1.82) is 0 Å². The second-order valence-electron chi connectivity index (χ2n) is 9.69. The van der Waals surface area contributed by atoms with Crippen LogP contribution < -0.4 is 10.6 Å². The predicted molar refractivity (Wildman–Crippen MR) is 146 cm³/mol. The number of nitrogens with zero attached hydrogens (tertiary/aromatic N) is 6. The number of aromatic nitrogens is 5. The number of rotatable bonds is 16. The number of carbonyl (C=O) groups is 1. The first kappa shape index (κ1) is 28.4. The Morgan fingerprint density at radius 3 is 3.00 bits per heavy atom. The molecule has 0 aliphatic carbocycles. The molecule has 3 aromatic heterocycles. The van der Waals surface area contributed by atoms with Gasteiger partial charge in [-0.05, 0) is 62.8 Å². The van der Waals surface area contributed by atoms with Crippen LogP contribution in [0.25, 0.3) is 5.82 Å². The molecule has 39 heavy (non-hydrogen) atoms. The van der Waals surface area contributed by atoms with Gasteiger partial charge in [-0.25, -0.2) is 28.8 Å². The van der Waals surface area contributed by atoms with E-state index in [0.717, 1.165) is 50.2 Å². The van der Waals surface area contributed by atoms with Crippen molar-refractivity contribution in [3.8, 4) is 5.82 Å². The van der Waals surface area contributed by atoms with Crippen molar-refractivity contribution in [2.75, 3.05) is 50.5 Å². The van der Waals surface area contributed by atoms with E-state index in [1.807, 2.05) is 4.90 Å². The van der Waals surface area contributed by atoms with Crippen LogP contribution in [0.15, 0.2) is 43.0 Å². The second-order valence-corrected chi connectivity index (χ2v) is 9.69. The Hall–Kier alpha value is -3.64. The minimum absolute atomic E-state index is 0.000293. The Morgan fingerprint density at radius 1 is 1.31 bits per heavy atom. The number of unbranched alkanes of at least 4 members (excludes halogenated alkanes) is 1. The molecule has 210 valence electrons. The normalized spacial score (nSPS) is 14.4. The zero-order valence-electron chi connectivity index (χ0n) is 22.3. The predicted octanol–water partition coefficient (Wildman–Crippen LogP) is 2.98. The van der Waals surface area contributed by atoms with Crippen LogP contribution in [-0.4, -0.2) is 92.8 Å². The van der Waals surface area contributed by atoms with Crippen molar-refractivity contribution in [3.05, 3.63) is 54.2 Å². The van der Waals surface area contributed by atoms with Crippen LogP contribution in [0.5, 0.6) is 0 Å². The fourth-order valence-electron chi connectivity index (χ4n) is 4.66. The van der Waals surface area contributed by atoms with E-state index in [2.05, 4.69) is 37.8 Å². The largest absolute Gasteiger partial charge is 0.480 e. The first-order valence-corrected chi connectivity index (χ1v) is 13.4. The van der Waals surface area contributed by atoms with Crippen LogP contribution in [-0.2, 0) is 22.4 Å². The molecule has 0 amide bonds. The van der Waals surface area contributed by atoms with Gasteiger partial charge in [-0.2, -0.15) is 5.10 Å². The summed E-state index contributed by atoms with van der Waals surface area (Å²) in [6.07, 6.45) is 8.63. The molecule has 4 heterocycles. The number of anilines is 2. The van der Waals surface area contributed by atoms with Gasteiger partial charge in [0.05, 0.1) is 6.61 Å². The zero-order chi connectivity index (χ0) is 27.5. The van der Waals surface area contributed by atoms with Gasteiger partial charge < -0.3 is 25.4 Å². The molecular formula is C27H37FN8O3. The van der Waals surface area contributed by atoms with E-state index in [9.17, 15) is 14.3 Å². The van der Waals surface area contributed by atoms with Crippen LogP contribution in [0.3, 0.4) is 0 Å². The molecule has 11 nitrogen and oxygen atoms in total. The van der Waals surface area contributed by atoms with Gasteiger partial charge >= 0.3 is 5.97 Å². The molecule has 2 atom stereocenters. The number of methoxy groups -OCH3 is 1. The third-order valence-corrected chi connectivity index (χ3v) is 6.66. The lowest BCUT2D eigenvalue weighted by atomic mass is 10.1. The second kappa shape index (κ2) is 14.5. The minimum atomic E-state index is -1.15. The minimum Gasteiger partial charge on any atom is -0.480 e. The molecule has 0 spiro atoms. The Balaban J connectivity index is 1.31. The topological polar surface area (TPSA) is 130 Å². The van der Waals surface area contributed by atoms with Crippen LogP contribution >= 0.6 is 0 Å². The highest BCUT2D eigenvalue weighted by atomic mass is 19.1. The van der Waals surface area contributed by atoms with E-state index in [-0.39, 0.29) is 19.6 Å². The number of ether oxygens (including phenoxy) is 1. The lowest BCUT2D eigenvalue weighted by Crippen LogP contribution is -2.38. The molecular weight excluding hydrogens is 503 g/mol. The lowest BCUT2D eigenvalue weighted by Gasteiger charge is -2.26. The van der Waals surface area contributed by atoms with E-state index >= 15 is 0 Å². The highest BCUT2D eigenvalue weighted by Crippen LogP contribution is 2.20. The van der Waals surface area contributed by atoms with Gasteiger partial charge in [-0.15, -0.1) is 0 Å². The highest BCUT2D eigenvalue weighted by molar-refractivity contribution is 5.76. The van der Waals surface area contributed by atoms with Crippen LogP contribution in [0.1, 0.15) is 36.9 Å². The number of pyridine rings is 1. The standard InChI is InChI=1S/C27H37FN8O3/c1-39-18-21(28)17-35(13-3-2-7-22-9-8-20-6-4-11-29-26(20)33-22)15-10-23(27(37)38)34-24-16-25(31-19-30-24)36-14-5-12-32-36/h5,8-9,12,14,16,19,21,23H,2-4,6-7,10-11,13,15,17-18H2,1H3,(H,29,33)(H,37,38)(H,30,31,34). The molecule has 3 N–H and O–H groups in total. The number of fused-ring (bicyclic) bond motifs is 1. The summed E-state index contributed by atoms with van der Waals surface area (Å²) in [7, 11) is 1.47. The van der Waals surface area contributed by atoms with Gasteiger partial charge in [-0.1, -0.05) is 6.07 Å². The van der Waals surface area contributed by atoms with E-state index < -0.39 is 18.2 Å². The number of halogens is 1. The summed E-state index contributed by atoms with van der Waals surface area (Å²) >= 11 is 0. The number of aliphatic carboxylic acids is 1. The van der Waals surface area contributed by atoms with Crippen LogP contribution in [0.2, 0.25) is 0 Å². The number of hydrogen-bond donors (Lipinski definition) is 3. The molecule has 1 aliphatic heterocycles. The third kappa shape index (κ3) is 8.69. The molecule has 12 heteroatoms. The Labute approximate surface area is 227 Å². The quantitative estimate of drug-likeness (QED) is 0.233. The van der Waals surface area contributed by atoms with E-state index in [1.54, 1.807) is 29.2 Å². The number of nitrogens with one attached hydrogen (secondary N) is 2. The maximum absolute atomic E-state index is 14.5. The monoisotopic (exact) mass is 540 g/mol. The van der Waals surface area contributed by atoms with Gasteiger partial charge in [-0.3, -0.25) is 0 Å². The van der Waals surface area contributed by atoms with Gasteiger partial charge in [0.15, 0.2) is 5.82 Å². The molecule has 0 aromatic carbocycles. The Bertz CT molecular complexity index is 1180. The molecule has 0 saturated carbocycles. The molecule has 0 bridgehead atoms. The summed E-state index contributed by atoms with van der Waals surface area (Å²) in [5, 5.41) is 20.3. The summed E-state index contributed by atoms with van der Waals surface area (Å²) in [5.41, 5.74) is 2.32. The SMILES string of the molecule is COCC(F)CN(CCCCc1ccc2c(n1)NCCC2)CCC(Nc1cc(-n2cccn2)ncn1)C(=O)O. The van der Waals surface area contributed by atoms with Crippen molar-refractivity contribution >= 4 is 17.6 Å². The fourth-order valence-corrected chi connectivity index (χ4v) is 4.66. The summed E-state index contributed by atoms with van der Waals surface area (Å²) in [4.78, 5) is 27.1. The van der Waals surface area contributed by atoms with E-state index in [4.69, 9.17) is 9.72 Å². The summed E-state index contributed by atoms with van der Waals surface area (Å²) in [6, 6.07) is 6.75. The number of carboxylic acid groups (broad SMARTS) is 1. The third-order valence-electron chi connectivity index (χ3n) is 6.66. The number of aryl methyl sites for hydroxylation is 2. The molecule has 0 radical (unpaired) electrons. The Morgan fingerprint density at radius 2 is 2.21 bits per heavy atom. The summed E-state index contributed by atoms with van der Waals surface area (Å²) in [6.45, 7) is 2.19. The van der Waals surface area contributed by atoms with Gasteiger partial charge in [0, 0.05) is 50.9 Å². The van der Waals surface area contributed by atoms with E-state index in [0.29, 0.717) is 24.7 Å². The Kier molecular flexibility index (Phi) is 10.5. The number of carboxylic acids is 1. The first-order chi connectivity index (χ1) is 19.0. The van der Waals surface area contributed by atoms with Crippen molar-refractivity contribution in [2.45, 2.75) is 50.7 Å². The average Bonchev–Trinajstić information content (AvgIpc) is 3.48. The zero-order valence-corrected chi connectivity index (χ0v) is 22.3. The summed E-state index contributed by atoms with van der Waals surface area (Å²) in [5.74, 6) is 0.888. The summed E-state index contributed by atoms with van der Waals surface area (Å²) < 4.78 is 21.0. The van der Waals surface area contributed by atoms with Gasteiger partial charge in [0.25, 0.3) is 0 Å². The molecule has 4 rings (SSSR count). The number of alkyl halides is 1. The molecule has 0 fully saturated rings. The van der Waals surface area contributed by atoms with Gasteiger partial charge in [0.1, 0.15) is 30.2 Å². The smallest absolute Gasteiger partial charge is 0.326 e. The van der Waals surface area contributed by atoms with Crippen molar-refractivity contribution in [2.24, 2.45) is 0 Å². The van der Waals surface area contributed by atoms with Crippen LogP contribution in [0, 0.1) is 0 Å². The molecule has 0 saturated heterocycles. The highest BCUT2D eigenvalue weighted by Gasteiger charge is 2.21.